The van der Waals surface area contributed by atoms with Crippen LogP contribution in [0.15, 0.2) is 0 Å². The van der Waals surface area contributed by atoms with Gasteiger partial charge in [-0.25, -0.2) is 0 Å². The Morgan fingerprint density at radius 1 is 1.71 bits per heavy atom. The number of methoxy groups -OCH3 is 1. The van der Waals surface area contributed by atoms with Crippen LogP contribution in [0.25, 0.3) is 0 Å². The summed E-state index contributed by atoms with van der Waals surface area (Å²) in [7, 11) is 1.64. The van der Waals surface area contributed by atoms with E-state index in [9.17, 15) is 0 Å². The van der Waals surface area contributed by atoms with E-state index in [2.05, 4.69) is 10.2 Å². The third-order valence-electron chi connectivity index (χ3n) is 0.451. The van der Waals surface area contributed by atoms with Gasteiger partial charge in [-0.2, -0.15) is 0 Å². The fourth-order valence-electron chi connectivity index (χ4n) is 0.161. The second-order valence-corrected chi connectivity index (χ2v) is 0.947. The van der Waals surface area contributed by atoms with Gasteiger partial charge >= 0.3 is 0 Å². The van der Waals surface area contributed by atoms with Crippen molar-refractivity contribution in [3.63, 3.8) is 0 Å². The zero-order valence-corrected chi connectivity index (χ0v) is 5.12. The first-order chi connectivity index (χ1) is 2.91. The first-order valence-corrected chi connectivity index (χ1v) is 1.84. The van der Waals surface area contributed by atoms with Crippen molar-refractivity contribution in [3.8, 4) is 0 Å². The lowest BCUT2D eigenvalue weighted by molar-refractivity contribution is 0.200. The van der Waals surface area contributed by atoms with Crippen LogP contribution >= 0.6 is 12.4 Å². The van der Waals surface area contributed by atoms with Crippen LogP contribution in [-0.4, -0.2) is 20.3 Å². The number of ether oxygens (including phenoxy) is 1. The zero-order valence-electron chi connectivity index (χ0n) is 4.31. The molecule has 3 N–H and O–H groups in total. The van der Waals surface area contributed by atoms with Crippen LogP contribution in [0.5, 0.6) is 0 Å². The normalized spacial score (nSPS) is 7.71. The molecule has 0 aromatic rings. The number of hydrazine groups is 1. The van der Waals surface area contributed by atoms with E-state index < -0.39 is 0 Å². The van der Waals surface area contributed by atoms with Crippen LogP contribution in [-0.2, 0) is 4.74 Å². The molecular weight excluding hydrogens is 115 g/mol. The molecule has 0 aromatic carbocycles. The molecule has 0 atom stereocenters. The second-order valence-electron chi connectivity index (χ2n) is 0.947. The van der Waals surface area contributed by atoms with Crippen molar-refractivity contribution in [2.45, 2.75) is 0 Å². The number of rotatable bonds is 3. The topological polar surface area (TPSA) is 47.3 Å². The average Bonchev–Trinajstić information content (AvgIpc) is 1.61. The third kappa shape index (κ3) is 10.7. The van der Waals surface area contributed by atoms with Crippen LogP contribution in [0.4, 0.5) is 0 Å². The molecule has 0 fully saturated rings. The molecule has 0 rings (SSSR count). The summed E-state index contributed by atoms with van der Waals surface area (Å²) in [4.78, 5) is 0. The summed E-state index contributed by atoms with van der Waals surface area (Å²) in [5.41, 5.74) is 2.44. The summed E-state index contributed by atoms with van der Waals surface area (Å²) < 4.78 is 4.64. The quantitative estimate of drug-likeness (QED) is 0.305. The molecule has 0 aromatic heterocycles. The Morgan fingerprint density at radius 3 is 2.43 bits per heavy atom. The molecule has 3 nitrogen and oxygen atoms in total. The highest BCUT2D eigenvalue weighted by atomic mass is 35.5. The average molecular weight is 127 g/mol. The molecular formula is C3H11ClN2O. The molecule has 0 spiro atoms. The number of hydrogen-bond acceptors (Lipinski definition) is 3. The molecule has 7 heavy (non-hydrogen) atoms. The lowest BCUT2D eigenvalue weighted by atomic mass is 10.7. The lowest BCUT2D eigenvalue weighted by Crippen LogP contribution is -2.25. The van der Waals surface area contributed by atoms with Gasteiger partial charge in [0.25, 0.3) is 0 Å². The minimum absolute atomic E-state index is 0. The van der Waals surface area contributed by atoms with E-state index in [1.807, 2.05) is 0 Å². The molecule has 0 saturated carbocycles. The van der Waals surface area contributed by atoms with Gasteiger partial charge in [0.05, 0.1) is 6.61 Å². The molecule has 46 valence electrons. The van der Waals surface area contributed by atoms with E-state index >= 15 is 0 Å². The van der Waals surface area contributed by atoms with Gasteiger partial charge in [0.1, 0.15) is 0 Å². The van der Waals surface area contributed by atoms with Gasteiger partial charge in [-0.05, 0) is 0 Å². The molecule has 0 bridgehead atoms. The smallest absolute Gasteiger partial charge is 0.0601 e. The van der Waals surface area contributed by atoms with Gasteiger partial charge in [0.2, 0.25) is 0 Å². The predicted molar refractivity (Wildman–Crippen MR) is 31.3 cm³/mol. The van der Waals surface area contributed by atoms with Gasteiger partial charge in [-0.3, -0.25) is 11.3 Å². The van der Waals surface area contributed by atoms with Gasteiger partial charge < -0.3 is 4.74 Å². The first-order valence-electron chi connectivity index (χ1n) is 1.84. The summed E-state index contributed by atoms with van der Waals surface area (Å²) in [5.74, 6) is 4.88. The highest BCUT2D eigenvalue weighted by Gasteiger charge is 1.72. The Bertz CT molecular complexity index is 24.9. The van der Waals surface area contributed by atoms with E-state index in [0.29, 0.717) is 6.61 Å². The fourth-order valence-corrected chi connectivity index (χ4v) is 0.161. The standard InChI is InChI=1S/C3H10N2O.ClH/c1-6-3-2-5-4;/h5H,2-4H2,1H3;1H. The first kappa shape index (κ1) is 10.2. The third-order valence-corrected chi connectivity index (χ3v) is 0.451. The molecule has 0 unspecified atom stereocenters. The summed E-state index contributed by atoms with van der Waals surface area (Å²) >= 11 is 0. The van der Waals surface area contributed by atoms with Crippen molar-refractivity contribution >= 4 is 12.4 Å². The van der Waals surface area contributed by atoms with Crippen LogP contribution in [0, 0.1) is 0 Å². The number of nitrogens with two attached hydrogens (primary N) is 1. The molecule has 0 amide bonds. The monoisotopic (exact) mass is 126 g/mol. The number of hydrogen-bond donors (Lipinski definition) is 2. The predicted octanol–water partition coefficient (Wildman–Crippen LogP) is -0.482. The largest absolute Gasteiger partial charge is 0.383 e. The van der Waals surface area contributed by atoms with Crippen molar-refractivity contribution < 1.29 is 4.74 Å². The van der Waals surface area contributed by atoms with E-state index in [-0.39, 0.29) is 12.4 Å². The Morgan fingerprint density at radius 2 is 2.29 bits per heavy atom. The van der Waals surface area contributed by atoms with E-state index in [4.69, 9.17) is 5.84 Å². The molecule has 0 aliphatic heterocycles. The molecule has 0 aliphatic carbocycles. The van der Waals surface area contributed by atoms with Gasteiger partial charge in [-0.1, -0.05) is 0 Å². The maximum Gasteiger partial charge on any atom is 0.0601 e. The maximum atomic E-state index is 4.88. The number of nitrogens with one attached hydrogen (secondary N) is 1. The second kappa shape index (κ2) is 9.48. The van der Waals surface area contributed by atoms with Gasteiger partial charge in [0, 0.05) is 13.7 Å². The van der Waals surface area contributed by atoms with Gasteiger partial charge in [0.15, 0.2) is 0 Å². The van der Waals surface area contributed by atoms with Crippen molar-refractivity contribution in [3.05, 3.63) is 0 Å². The van der Waals surface area contributed by atoms with E-state index in [1.165, 1.54) is 0 Å². The highest BCUT2D eigenvalue weighted by molar-refractivity contribution is 5.85. The molecule has 0 saturated heterocycles. The van der Waals surface area contributed by atoms with E-state index in [1.54, 1.807) is 7.11 Å². The Labute approximate surface area is 49.6 Å². The molecule has 0 heterocycles. The van der Waals surface area contributed by atoms with Gasteiger partial charge in [-0.15, -0.1) is 12.4 Å². The summed E-state index contributed by atoms with van der Waals surface area (Å²) in [6, 6.07) is 0. The SMILES string of the molecule is COCCNN.Cl. The Kier molecular flexibility index (Phi) is 13.8. The van der Waals surface area contributed by atoms with Crippen molar-refractivity contribution in [1.82, 2.24) is 5.43 Å². The van der Waals surface area contributed by atoms with Crippen molar-refractivity contribution in [1.29, 1.82) is 0 Å². The maximum absolute atomic E-state index is 4.88. The minimum Gasteiger partial charge on any atom is -0.383 e. The Hall–Kier alpha value is 0.170. The molecule has 0 radical (unpaired) electrons. The summed E-state index contributed by atoms with van der Waals surface area (Å²) in [6.45, 7) is 1.40. The van der Waals surface area contributed by atoms with Crippen LogP contribution in [0.1, 0.15) is 0 Å². The van der Waals surface area contributed by atoms with Crippen LogP contribution in [0.2, 0.25) is 0 Å². The van der Waals surface area contributed by atoms with Crippen LogP contribution in [0.3, 0.4) is 0 Å². The zero-order chi connectivity index (χ0) is 4.83. The Balaban J connectivity index is 0. The summed E-state index contributed by atoms with van der Waals surface area (Å²) in [5, 5.41) is 0. The van der Waals surface area contributed by atoms with Crippen molar-refractivity contribution in [2.24, 2.45) is 5.84 Å². The fraction of sp³-hybridized carbons (Fsp3) is 1.00. The van der Waals surface area contributed by atoms with E-state index in [0.717, 1.165) is 6.54 Å². The van der Waals surface area contributed by atoms with Crippen LogP contribution < -0.4 is 11.3 Å². The minimum atomic E-state index is 0. The van der Waals surface area contributed by atoms with Crippen molar-refractivity contribution in [2.75, 3.05) is 20.3 Å². The summed E-state index contributed by atoms with van der Waals surface area (Å²) in [6.07, 6.45) is 0. The lowest BCUT2D eigenvalue weighted by Gasteiger charge is -1.92. The highest BCUT2D eigenvalue weighted by Crippen LogP contribution is 1.56. The number of halogens is 1. The molecule has 0 aliphatic rings. The molecule has 4 heteroatoms.